The number of benzene rings is 1. The van der Waals surface area contributed by atoms with Crippen LogP contribution in [0.1, 0.15) is 31.7 Å². The minimum atomic E-state index is -4.80. The molecule has 0 atom stereocenters. The molecule has 1 aliphatic rings. The van der Waals surface area contributed by atoms with Crippen molar-refractivity contribution >= 4 is 5.91 Å². The quantitative estimate of drug-likeness (QED) is 0.762. The molecule has 138 valence electrons. The van der Waals surface area contributed by atoms with Crippen molar-refractivity contribution in [3.63, 3.8) is 0 Å². The van der Waals surface area contributed by atoms with Gasteiger partial charge in [0.25, 0.3) is 0 Å². The standard InChI is InChI=1S/C17H15F4N3O2/c1-16(2)6-3-7-24(15(16)25)9-10-4-5-11(12(18)8-10)13-22-14(26-23-13)17(19,20)21/h3-5,7-8H,6,9H2,1-2H3. The lowest BCUT2D eigenvalue weighted by Crippen LogP contribution is -2.39. The number of halogens is 4. The number of allylic oxidation sites excluding steroid dienone is 1. The zero-order valence-corrected chi connectivity index (χ0v) is 14.0. The van der Waals surface area contributed by atoms with E-state index in [-0.39, 0.29) is 18.0 Å². The maximum absolute atomic E-state index is 14.3. The molecule has 0 bridgehead atoms. The second kappa shape index (κ2) is 6.22. The molecule has 2 heterocycles. The van der Waals surface area contributed by atoms with Crippen LogP contribution in [-0.4, -0.2) is 20.9 Å². The molecule has 0 unspecified atom stereocenters. The molecule has 9 heteroatoms. The van der Waals surface area contributed by atoms with Gasteiger partial charge in [-0.2, -0.15) is 18.2 Å². The molecule has 1 amide bonds. The van der Waals surface area contributed by atoms with Crippen LogP contribution in [0.3, 0.4) is 0 Å². The average molecular weight is 369 g/mol. The Bertz CT molecular complexity index is 871. The van der Waals surface area contributed by atoms with E-state index in [9.17, 15) is 22.4 Å². The van der Waals surface area contributed by atoms with E-state index in [1.165, 1.54) is 17.0 Å². The lowest BCUT2D eigenvalue weighted by atomic mass is 9.85. The molecule has 0 saturated carbocycles. The number of aromatic nitrogens is 2. The van der Waals surface area contributed by atoms with Gasteiger partial charge in [-0.25, -0.2) is 4.39 Å². The van der Waals surface area contributed by atoms with Gasteiger partial charge >= 0.3 is 12.1 Å². The smallest absolute Gasteiger partial charge is 0.329 e. The summed E-state index contributed by atoms with van der Waals surface area (Å²) in [5, 5.41) is 3.17. The molecule has 2 aromatic rings. The van der Waals surface area contributed by atoms with Crippen LogP contribution in [0.15, 0.2) is 35.0 Å². The predicted molar refractivity (Wildman–Crippen MR) is 82.8 cm³/mol. The van der Waals surface area contributed by atoms with Crippen molar-refractivity contribution in [3.05, 3.63) is 47.7 Å². The van der Waals surface area contributed by atoms with Crippen LogP contribution in [0.2, 0.25) is 0 Å². The van der Waals surface area contributed by atoms with Gasteiger partial charge in [0, 0.05) is 11.6 Å². The van der Waals surface area contributed by atoms with Crippen LogP contribution >= 0.6 is 0 Å². The van der Waals surface area contributed by atoms with Crippen LogP contribution in [0.4, 0.5) is 17.6 Å². The highest BCUT2D eigenvalue weighted by atomic mass is 19.4. The van der Waals surface area contributed by atoms with Crippen molar-refractivity contribution < 1.29 is 26.9 Å². The molecule has 1 aliphatic heterocycles. The Labute approximate surface area is 146 Å². The average Bonchev–Trinajstić information content (AvgIpc) is 3.02. The largest absolute Gasteiger partial charge is 0.471 e. The highest BCUT2D eigenvalue weighted by Crippen LogP contribution is 2.31. The number of hydrogen-bond donors (Lipinski definition) is 0. The van der Waals surface area contributed by atoms with E-state index < -0.39 is 29.1 Å². The van der Waals surface area contributed by atoms with E-state index in [1.54, 1.807) is 6.20 Å². The molecule has 1 aromatic heterocycles. The summed E-state index contributed by atoms with van der Waals surface area (Å²) in [4.78, 5) is 17.0. The summed E-state index contributed by atoms with van der Waals surface area (Å²) in [6.45, 7) is 3.80. The molecule has 0 saturated heterocycles. The van der Waals surface area contributed by atoms with E-state index in [2.05, 4.69) is 14.7 Å². The van der Waals surface area contributed by atoms with Crippen molar-refractivity contribution in [1.82, 2.24) is 15.0 Å². The summed E-state index contributed by atoms with van der Waals surface area (Å²) < 4.78 is 56.0. The van der Waals surface area contributed by atoms with E-state index in [0.29, 0.717) is 12.0 Å². The summed E-state index contributed by atoms with van der Waals surface area (Å²) in [5.74, 6) is -2.92. The van der Waals surface area contributed by atoms with Crippen LogP contribution in [0.25, 0.3) is 11.4 Å². The third-order valence-electron chi connectivity index (χ3n) is 4.05. The van der Waals surface area contributed by atoms with Crippen LogP contribution in [0.5, 0.6) is 0 Å². The van der Waals surface area contributed by atoms with Gasteiger partial charge in [0.15, 0.2) is 0 Å². The zero-order chi connectivity index (χ0) is 19.1. The zero-order valence-electron chi connectivity index (χ0n) is 14.0. The molecule has 0 fully saturated rings. The Morgan fingerprint density at radius 3 is 2.65 bits per heavy atom. The van der Waals surface area contributed by atoms with Crippen LogP contribution in [0, 0.1) is 11.2 Å². The Morgan fingerprint density at radius 2 is 2.04 bits per heavy atom. The van der Waals surface area contributed by atoms with E-state index >= 15 is 0 Å². The first-order chi connectivity index (χ1) is 12.1. The third kappa shape index (κ3) is 3.47. The van der Waals surface area contributed by atoms with Gasteiger partial charge in [0.05, 0.1) is 12.1 Å². The van der Waals surface area contributed by atoms with E-state index in [1.807, 2.05) is 19.9 Å². The molecule has 1 aromatic carbocycles. The monoisotopic (exact) mass is 369 g/mol. The molecule has 0 aliphatic carbocycles. The maximum atomic E-state index is 14.3. The Balaban J connectivity index is 1.82. The van der Waals surface area contributed by atoms with Crippen LogP contribution < -0.4 is 0 Å². The fourth-order valence-corrected chi connectivity index (χ4v) is 2.63. The number of amides is 1. The molecule has 5 nitrogen and oxygen atoms in total. The summed E-state index contributed by atoms with van der Waals surface area (Å²) in [5.41, 5.74) is -0.262. The second-order valence-electron chi connectivity index (χ2n) is 6.64. The number of carbonyl (C=O) groups excluding carboxylic acids is 1. The van der Waals surface area contributed by atoms with Crippen molar-refractivity contribution in [1.29, 1.82) is 0 Å². The normalized spacial score (nSPS) is 17.0. The minimum absolute atomic E-state index is 0.0857. The SMILES string of the molecule is CC1(C)CC=CN(Cc2ccc(-c3noc(C(F)(F)F)n3)c(F)c2)C1=O. The van der Waals surface area contributed by atoms with Gasteiger partial charge in [0.2, 0.25) is 11.7 Å². The Kier molecular flexibility index (Phi) is 4.33. The lowest BCUT2D eigenvalue weighted by Gasteiger charge is -2.32. The Hall–Kier alpha value is -2.71. The highest BCUT2D eigenvalue weighted by molar-refractivity contribution is 5.84. The minimum Gasteiger partial charge on any atom is -0.329 e. The van der Waals surface area contributed by atoms with Crippen molar-refractivity contribution in [2.24, 2.45) is 5.41 Å². The number of nitrogens with zero attached hydrogens (tertiary/aromatic N) is 3. The molecule has 0 radical (unpaired) electrons. The molecule has 26 heavy (non-hydrogen) atoms. The fourth-order valence-electron chi connectivity index (χ4n) is 2.63. The number of alkyl halides is 3. The number of carbonyl (C=O) groups is 1. The lowest BCUT2D eigenvalue weighted by molar-refractivity contribution is -0.159. The number of rotatable bonds is 3. The van der Waals surface area contributed by atoms with E-state index in [4.69, 9.17) is 0 Å². The van der Waals surface area contributed by atoms with E-state index in [0.717, 1.165) is 6.07 Å². The maximum Gasteiger partial charge on any atom is 0.471 e. The van der Waals surface area contributed by atoms with Gasteiger partial charge in [0.1, 0.15) is 5.82 Å². The molecule has 3 rings (SSSR count). The van der Waals surface area contributed by atoms with Crippen LogP contribution in [-0.2, 0) is 17.5 Å². The topological polar surface area (TPSA) is 59.2 Å². The van der Waals surface area contributed by atoms with Crippen molar-refractivity contribution in [3.8, 4) is 11.4 Å². The first-order valence-electron chi connectivity index (χ1n) is 7.75. The molecular formula is C17H15F4N3O2. The van der Waals surface area contributed by atoms with Gasteiger partial charge < -0.3 is 9.42 Å². The first-order valence-corrected chi connectivity index (χ1v) is 7.75. The van der Waals surface area contributed by atoms with Crippen molar-refractivity contribution in [2.75, 3.05) is 0 Å². The third-order valence-corrected chi connectivity index (χ3v) is 4.05. The Morgan fingerprint density at radius 1 is 1.31 bits per heavy atom. The molecule has 0 spiro atoms. The fraction of sp³-hybridized carbons (Fsp3) is 0.353. The summed E-state index contributed by atoms with van der Waals surface area (Å²) in [6.07, 6.45) is -0.664. The summed E-state index contributed by atoms with van der Waals surface area (Å²) in [7, 11) is 0. The second-order valence-corrected chi connectivity index (χ2v) is 6.64. The summed E-state index contributed by atoms with van der Waals surface area (Å²) >= 11 is 0. The van der Waals surface area contributed by atoms with Crippen molar-refractivity contribution in [2.45, 2.75) is 33.0 Å². The molecular weight excluding hydrogens is 354 g/mol. The highest BCUT2D eigenvalue weighted by Gasteiger charge is 2.39. The first kappa shape index (κ1) is 18.1. The van der Waals surface area contributed by atoms with Gasteiger partial charge in [-0.3, -0.25) is 4.79 Å². The van der Waals surface area contributed by atoms with Gasteiger partial charge in [-0.15, -0.1) is 0 Å². The number of hydrogen-bond acceptors (Lipinski definition) is 4. The predicted octanol–water partition coefficient (Wildman–Crippen LogP) is 4.17. The summed E-state index contributed by atoms with van der Waals surface area (Å²) in [6, 6.07) is 3.91. The van der Waals surface area contributed by atoms with Gasteiger partial charge in [-0.1, -0.05) is 31.1 Å². The van der Waals surface area contributed by atoms with Gasteiger partial charge in [-0.05, 0) is 24.1 Å². The molecule has 0 N–H and O–H groups in total.